The molecule has 5 heterocycles. The van der Waals surface area contributed by atoms with Crippen LogP contribution in [0.3, 0.4) is 0 Å². The summed E-state index contributed by atoms with van der Waals surface area (Å²) in [7, 11) is 0. The molecule has 224 valence electrons. The Hall–Kier alpha value is -5.02. The fourth-order valence-corrected chi connectivity index (χ4v) is 9.30. The zero-order valence-corrected chi connectivity index (χ0v) is 27.8. The Balaban J connectivity index is 1.44. The van der Waals surface area contributed by atoms with E-state index < -0.39 is 0 Å². The van der Waals surface area contributed by atoms with Gasteiger partial charge in [0.05, 0.1) is 16.6 Å². The maximum Gasteiger partial charge on any atom is 0.333 e. The predicted octanol–water partition coefficient (Wildman–Crippen LogP) is 10.2. The molecule has 0 amide bonds. The van der Waals surface area contributed by atoms with Crippen LogP contribution >= 0.6 is 0 Å². The zero-order chi connectivity index (χ0) is 31.7. The summed E-state index contributed by atoms with van der Waals surface area (Å²) in [6.45, 7) is 14.1. The highest BCUT2D eigenvalue weighted by molar-refractivity contribution is 6.91. The lowest BCUT2D eigenvalue weighted by molar-refractivity contribution is 0.590. The van der Waals surface area contributed by atoms with Gasteiger partial charge in [0.15, 0.2) is 0 Å². The maximum atomic E-state index is 2.72. The van der Waals surface area contributed by atoms with Crippen LogP contribution in [-0.2, 0) is 10.8 Å². The van der Waals surface area contributed by atoms with Gasteiger partial charge in [-0.3, -0.25) is 0 Å². The second-order valence-corrected chi connectivity index (χ2v) is 16.2. The number of rotatable bonds is 1. The standard InChI is InChI=1S/C44H35BN2/c1-43(2,3)25-18-19-36-31(20-25)33-21-26(44(4,5)6)22-34-32-23-30(24-12-8-7-9-13-24)37-29-16-10-14-27-28-15-11-17-35-41(28)46(39(27)29)42(37)38(32)45(35)47(36)40(33)34/h7-23H,1-6H3. The van der Waals surface area contributed by atoms with Crippen LogP contribution in [0.15, 0.2) is 103 Å². The van der Waals surface area contributed by atoms with Crippen molar-refractivity contribution in [1.82, 2.24) is 8.88 Å². The molecule has 2 aliphatic heterocycles. The topological polar surface area (TPSA) is 9.34 Å². The molecule has 0 atom stereocenters. The van der Waals surface area contributed by atoms with E-state index in [1.165, 1.54) is 104 Å². The Bertz CT molecular complexity index is 2850. The third-order valence-electron chi connectivity index (χ3n) is 11.5. The van der Waals surface area contributed by atoms with Crippen LogP contribution in [0.2, 0.25) is 0 Å². The largest absolute Gasteiger partial charge is 0.375 e. The summed E-state index contributed by atoms with van der Waals surface area (Å²) in [5.74, 6) is 0. The number of hydrogen-bond acceptors (Lipinski definition) is 0. The summed E-state index contributed by atoms with van der Waals surface area (Å²) in [5, 5.41) is 8.20. The van der Waals surface area contributed by atoms with E-state index in [9.17, 15) is 0 Å². The van der Waals surface area contributed by atoms with Crippen molar-refractivity contribution in [3.05, 3.63) is 114 Å². The van der Waals surface area contributed by atoms with Gasteiger partial charge in [0.25, 0.3) is 0 Å². The van der Waals surface area contributed by atoms with Gasteiger partial charge < -0.3 is 8.88 Å². The normalized spacial score (nSPS) is 14.1. The minimum Gasteiger partial charge on any atom is -0.375 e. The molecule has 2 nitrogen and oxygen atoms in total. The van der Waals surface area contributed by atoms with Crippen molar-refractivity contribution >= 4 is 77.7 Å². The number of para-hydroxylation sites is 2. The Morgan fingerprint density at radius 1 is 0.489 bits per heavy atom. The zero-order valence-electron chi connectivity index (χ0n) is 27.8. The molecule has 0 spiro atoms. The lowest BCUT2D eigenvalue weighted by atomic mass is 9.45. The van der Waals surface area contributed by atoms with Crippen molar-refractivity contribution in [3.63, 3.8) is 0 Å². The average molecular weight is 603 g/mol. The molecule has 0 saturated carbocycles. The van der Waals surface area contributed by atoms with Gasteiger partial charge in [-0.1, -0.05) is 114 Å². The molecule has 2 aliphatic rings. The van der Waals surface area contributed by atoms with E-state index in [1.54, 1.807) is 0 Å². The molecule has 0 aliphatic carbocycles. The van der Waals surface area contributed by atoms with Gasteiger partial charge in [-0.15, -0.1) is 0 Å². The summed E-state index contributed by atoms with van der Waals surface area (Å²) in [4.78, 5) is 0. The van der Waals surface area contributed by atoms with Crippen LogP contribution < -0.4 is 10.9 Å². The third-order valence-corrected chi connectivity index (χ3v) is 11.5. The van der Waals surface area contributed by atoms with Gasteiger partial charge in [0.1, 0.15) is 0 Å². The van der Waals surface area contributed by atoms with E-state index in [0.29, 0.717) is 0 Å². The van der Waals surface area contributed by atoms with Crippen molar-refractivity contribution < 1.29 is 0 Å². The molecule has 0 N–H and O–H groups in total. The first-order valence-corrected chi connectivity index (χ1v) is 17.1. The van der Waals surface area contributed by atoms with Gasteiger partial charge in [0, 0.05) is 48.9 Å². The van der Waals surface area contributed by atoms with Gasteiger partial charge >= 0.3 is 6.85 Å². The molecule has 0 bridgehead atoms. The Morgan fingerprint density at radius 2 is 1.19 bits per heavy atom. The van der Waals surface area contributed by atoms with Crippen molar-refractivity contribution in [1.29, 1.82) is 0 Å². The molecule has 47 heavy (non-hydrogen) atoms. The number of nitrogens with zero attached hydrogens (tertiary/aromatic N) is 2. The van der Waals surface area contributed by atoms with E-state index in [-0.39, 0.29) is 17.7 Å². The van der Waals surface area contributed by atoms with Crippen LogP contribution in [0, 0.1) is 0 Å². The molecular weight excluding hydrogens is 567 g/mol. The van der Waals surface area contributed by atoms with E-state index in [1.807, 2.05) is 0 Å². The van der Waals surface area contributed by atoms with Gasteiger partial charge in [-0.05, 0) is 79.9 Å². The SMILES string of the molecule is CC(C)(C)c1ccc2c(c1)c1cc(C(C)(C)C)cc3c1n2B1c2cccc4c5cccc6c7c(-c8ccccc8)cc-3c1c7n(c24)c56. The molecule has 6 aromatic carbocycles. The lowest BCUT2D eigenvalue weighted by Gasteiger charge is -2.33. The van der Waals surface area contributed by atoms with Crippen LogP contribution in [0.25, 0.3) is 82.2 Å². The number of aromatic nitrogens is 2. The molecule has 0 fully saturated rings. The van der Waals surface area contributed by atoms with Gasteiger partial charge in [0.2, 0.25) is 0 Å². The summed E-state index contributed by atoms with van der Waals surface area (Å²) >= 11 is 0. The Kier molecular flexibility index (Phi) is 4.49. The van der Waals surface area contributed by atoms with Crippen molar-refractivity contribution in [2.24, 2.45) is 0 Å². The van der Waals surface area contributed by atoms with E-state index in [4.69, 9.17) is 0 Å². The first kappa shape index (κ1) is 26.1. The number of fused-ring (bicyclic) bond motifs is 8. The van der Waals surface area contributed by atoms with E-state index >= 15 is 0 Å². The Labute approximate surface area is 274 Å². The minimum absolute atomic E-state index is 0.00934. The second kappa shape index (κ2) is 8.09. The fourth-order valence-electron chi connectivity index (χ4n) is 9.30. The highest BCUT2D eigenvalue weighted by Crippen LogP contribution is 2.49. The molecule has 3 aromatic heterocycles. The minimum atomic E-state index is 0.00934. The van der Waals surface area contributed by atoms with Crippen molar-refractivity contribution in [3.8, 4) is 22.3 Å². The van der Waals surface area contributed by atoms with E-state index in [2.05, 4.69) is 154 Å². The molecule has 11 rings (SSSR count). The summed E-state index contributed by atoms with van der Waals surface area (Å²) < 4.78 is 5.36. The highest BCUT2D eigenvalue weighted by atomic mass is 15.0. The van der Waals surface area contributed by atoms with Crippen LogP contribution in [0.1, 0.15) is 52.7 Å². The number of benzene rings is 6. The monoisotopic (exact) mass is 602 g/mol. The second-order valence-electron chi connectivity index (χ2n) is 16.2. The van der Waals surface area contributed by atoms with Crippen LogP contribution in [-0.4, -0.2) is 15.7 Å². The summed E-state index contributed by atoms with van der Waals surface area (Å²) in [6, 6.07) is 39.9. The summed E-state index contributed by atoms with van der Waals surface area (Å²) in [6.07, 6.45) is 0. The summed E-state index contributed by atoms with van der Waals surface area (Å²) in [5.41, 5.74) is 17.9. The molecular formula is C44H35BN2. The average Bonchev–Trinajstić information content (AvgIpc) is 3.70. The van der Waals surface area contributed by atoms with Gasteiger partial charge in [-0.2, -0.15) is 0 Å². The van der Waals surface area contributed by atoms with Crippen molar-refractivity contribution in [2.45, 2.75) is 52.4 Å². The molecule has 0 radical (unpaired) electrons. The quantitative estimate of drug-likeness (QED) is 0.166. The molecule has 0 saturated heterocycles. The fraction of sp³-hybridized carbons (Fsp3) is 0.182. The number of hydrogen-bond donors (Lipinski definition) is 0. The Morgan fingerprint density at radius 3 is 1.96 bits per heavy atom. The third kappa shape index (κ3) is 3.00. The van der Waals surface area contributed by atoms with Crippen LogP contribution in [0.5, 0.6) is 0 Å². The maximum absolute atomic E-state index is 2.72. The molecule has 3 heteroatoms. The first-order chi connectivity index (χ1) is 22.6. The predicted molar refractivity (Wildman–Crippen MR) is 203 cm³/mol. The first-order valence-electron chi connectivity index (χ1n) is 17.1. The van der Waals surface area contributed by atoms with Crippen LogP contribution in [0.4, 0.5) is 0 Å². The van der Waals surface area contributed by atoms with Crippen molar-refractivity contribution in [2.75, 3.05) is 0 Å². The molecule has 0 unspecified atom stereocenters. The lowest BCUT2D eigenvalue weighted by Crippen LogP contribution is -2.53. The smallest absolute Gasteiger partial charge is 0.333 e. The highest BCUT2D eigenvalue weighted by Gasteiger charge is 2.42. The van der Waals surface area contributed by atoms with Gasteiger partial charge in [-0.25, -0.2) is 0 Å². The molecule has 9 aromatic rings. The van der Waals surface area contributed by atoms with E-state index in [0.717, 1.165) is 0 Å².